The Bertz CT molecular complexity index is 416. The van der Waals surface area contributed by atoms with Crippen molar-refractivity contribution in [2.45, 2.75) is 39.3 Å². The second kappa shape index (κ2) is 7.55. The van der Waals surface area contributed by atoms with Crippen molar-refractivity contribution < 1.29 is 9.13 Å². The fourth-order valence-corrected chi connectivity index (χ4v) is 1.64. The van der Waals surface area contributed by atoms with Crippen LogP contribution in [0.4, 0.5) is 4.39 Å². The summed E-state index contributed by atoms with van der Waals surface area (Å²) in [6.07, 6.45) is 2.11. The van der Waals surface area contributed by atoms with E-state index in [1.807, 2.05) is 14.1 Å². The molecule has 0 amide bonds. The highest BCUT2D eigenvalue weighted by Gasteiger charge is 2.12. The largest absolute Gasteiger partial charge is 0.477 e. The molecule has 1 aromatic heterocycles. The van der Waals surface area contributed by atoms with Crippen molar-refractivity contribution >= 4 is 0 Å². The van der Waals surface area contributed by atoms with Gasteiger partial charge in [0.15, 0.2) is 0 Å². The summed E-state index contributed by atoms with van der Waals surface area (Å²) < 4.78 is 19.0. The Morgan fingerprint density at radius 1 is 1.35 bits per heavy atom. The van der Waals surface area contributed by atoms with Gasteiger partial charge in [0, 0.05) is 24.2 Å². The minimum absolute atomic E-state index is 0.0332. The van der Waals surface area contributed by atoms with Crippen LogP contribution >= 0.6 is 0 Å². The van der Waals surface area contributed by atoms with Crippen LogP contribution in [0.2, 0.25) is 0 Å². The first-order valence-corrected chi connectivity index (χ1v) is 6.95. The number of nitrogens with zero attached hydrogens (tertiary/aromatic N) is 2. The summed E-state index contributed by atoms with van der Waals surface area (Å²) in [5.41, 5.74) is 0.721. The molecule has 5 heteroatoms. The predicted octanol–water partition coefficient (Wildman–Crippen LogP) is 2.44. The summed E-state index contributed by atoms with van der Waals surface area (Å²) in [7, 11) is 4.05. The molecule has 1 aromatic rings. The first kappa shape index (κ1) is 16.9. The Balaban J connectivity index is 2.60. The zero-order valence-corrected chi connectivity index (χ0v) is 13.2. The van der Waals surface area contributed by atoms with E-state index in [0.29, 0.717) is 19.0 Å². The molecule has 20 heavy (non-hydrogen) atoms. The molecule has 0 unspecified atom stereocenters. The smallest absolute Gasteiger partial charge is 0.218 e. The van der Waals surface area contributed by atoms with E-state index in [2.05, 4.69) is 36.0 Å². The highest BCUT2D eigenvalue weighted by Crippen LogP contribution is 2.17. The van der Waals surface area contributed by atoms with Gasteiger partial charge in [0.1, 0.15) is 5.82 Å². The molecular formula is C15H26FN3O. The molecule has 0 aromatic carbocycles. The molecular weight excluding hydrogens is 257 g/mol. The van der Waals surface area contributed by atoms with Crippen LogP contribution in [0.1, 0.15) is 32.8 Å². The number of hydrogen-bond donors (Lipinski definition) is 1. The molecule has 1 N–H and O–H groups in total. The molecule has 0 fully saturated rings. The number of halogens is 1. The summed E-state index contributed by atoms with van der Waals surface area (Å²) in [5, 5.41) is 3.32. The second-order valence-electron chi connectivity index (χ2n) is 6.23. The van der Waals surface area contributed by atoms with Crippen LogP contribution in [0.15, 0.2) is 12.3 Å². The minimum atomic E-state index is -0.337. The Morgan fingerprint density at radius 3 is 2.65 bits per heavy atom. The number of nitrogens with one attached hydrogen (secondary N) is 1. The van der Waals surface area contributed by atoms with E-state index in [9.17, 15) is 4.39 Å². The standard InChI is InChI=1S/C15H26FN3O/c1-15(2,3)18-10-12-9-13(16)11-17-14(12)20-8-6-7-19(4)5/h9,11,18H,6-8,10H2,1-5H3. The van der Waals surface area contributed by atoms with E-state index in [4.69, 9.17) is 4.74 Å². The Labute approximate surface area is 121 Å². The van der Waals surface area contributed by atoms with Crippen molar-refractivity contribution in [2.75, 3.05) is 27.2 Å². The van der Waals surface area contributed by atoms with E-state index < -0.39 is 0 Å². The zero-order valence-electron chi connectivity index (χ0n) is 13.2. The van der Waals surface area contributed by atoms with E-state index >= 15 is 0 Å². The molecule has 4 nitrogen and oxygen atoms in total. The van der Waals surface area contributed by atoms with Crippen molar-refractivity contribution in [1.82, 2.24) is 15.2 Å². The van der Waals surface area contributed by atoms with Gasteiger partial charge in [-0.2, -0.15) is 0 Å². The predicted molar refractivity (Wildman–Crippen MR) is 79.5 cm³/mol. The van der Waals surface area contributed by atoms with Gasteiger partial charge in [0.2, 0.25) is 5.88 Å². The molecule has 1 rings (SSSR count). The van der Waals surface area contributed by atoms with Crippen molar-refractivity contribution in [3.05, 3.63) is 23.6 Å². The quantitative estimate of drug-likeness (QED) is 0.780. The van der Waals surface area contributed by atoms with E-state index in [1.165, 1.54) is 12.3 Å². The Morgan fingerprint density at radius 2 is 2.05 bits per heavy atom. The zero-order chi connectivity index (χ0) is 15.2. The Kier molecular flexibility index (Phi) is 6.36. The lowest BCUT2D eigenvalue weighted by atomic mass is 10.1. The van der Waals surface area contributed by atoms with Crippen LogP contribution in [-0.2, 0) is 6.54 Å². The molecule has 0 saturated heterocycles. The molecule has 114 valence electrons. The lowest BCUT2D eigenvalue weighted by Crippen LogP contribution is -2.35. The fourth-order valence-electron chi connectivity index (χ4n) is 1.64. The molecule has 0 aliphatic heterocycles. The molecule has 0 bridgehead atoms. The lowest BCUT2D eigenvalue weighted by Gasteiger charge is -2.21. The highest BCUT2D eigenvalue weighted by atomic mass is 19.1. The molecule has 0 aliphatic carbocycles. The number of pyridine rings is 1. The summed E-state index contributed by atoms with van der Waals surface area (Å²) in [4.78, 5) is 6.15. The van der Waals surface area contributed by atoms with Gasteiger partial charge in [-0.1, -0.05) is 0 Å². The number of hydrogen-bond acceptors (Lipinski definition) is 4. The van der Waals surface area contributed by atoms with Crippen molar-refractivity contribution in [3.63, 3.8) is 0 Å². The molecule has 1 heterocycles. The van der Waals surface area contributed by atoms with Gasteiger partial charge >= 0.3 is 0 Å². The van der Waals surface area contributed by atoms with Crippen LogP contribution in [0.3, 0.4) is 0 Å². The molecule has 0 saturated carbocycles. The summed E-state index contributed by atoms with van der Waals surface area (Å²) in [6.45, 7) is 8.28. The van der Waals surface area contributed by atoms with Gasteiger partial charge in [0.25, 0.3) is 0 Å². The molecule has 0 radical (unpaired) electrons. The fraction of sp³-hybridized carbons (Fsp3) is 0.667. The first-order chi connectivity index (χ1) is 9.28. The van der Waals surface area contributed by atoms with Crippen LogP contribution in [0, 0.1) is 5.82 Å². The summed E-state index contributed by atoms with van der Waals surface area (Å²) in [5.74, 6) is 0.179. The maximum absolute atomic E-state index is 13.3. The summed E-state index contributed by atoms with van der Waals surface area (Å²) >= 11 is 0. The van der Waals surface area contributed by atoms with Crippen molar-refractivity contribution in [2.24, 2.45) is 0 Å². The SMILES string of the molecule is CN(C)CCCOc1ncc(F)cc1CNC(C)(C)C. The van der Waals surface area contributed by atoms with Gasteiger partial charge in [-0.15, -0.1) is 0 Å². The van der Waals surface area contributed by atoms with E-state index in [-0.39, 0.29) is 11.4 Å². The van der Waals surface area contributed by atoms with Crippen molar-refractivity contribution in [3.8, 4) is 5.88 Å². The third kappa shape index (κ3) is 6.82. The molecule has 0 aliphatic rings. The molecule has 0 atom stereocenters. The average Bonchev–Trinajstić information content (AvgIpc) is 2.32. The second-order valence-corrected chi connectivity index (χ2v) is 6.23. The topological polar surface area (TPSA) is 37.4 Å². The molecule has 0 spiro atoms. The number of ether oxygens (including phenoxy) is 1. The van der Waals surface area contributed by atoms with Crippen LogP contribution < -0.4 is 10.1 Å². The van der Waals surface area contributed by atoms with Crippen LogP contribution in [0.5, 0.6) is 5.88 Å². The van der Waals surface area contributed by atoms with E-state index in [1.54, 1.807) is 0 Å². The van der Waals surface area contributed by atoms with Gasteiger partial charge in [-0.3, -0.25) is 0 Å². The van der Waals surface area contributed by atoms with Gasteiger partial charge in [-0.25, -0.2) is 9.37 Å². The lowest BCUT2D eigenvalue weighted by molar-refractivity contribution is 0.268. The van der Waals surface area contributed by atoms with Gasteiger partial charge in [0.05, 0.1) is 12.8 Å². The van der Waals surface area contributed by atoms with Gasteiger partial charge in [-0.05, 0) is 47.4 Å². The monoisotopic (exact) mass is 283 g/mol. The summed E-state index contributed by atoms with van der Waals surface area (Å²) in [6, 6.07) is 1.48. The van der Waals surface area contributed by atoms with E-state index in [0.717, 1.165) is 18.5 Å². The normalized spacial score (nSPS) is 11.9. The maximum atomic E-state index is 13.3. The maximum Gasteiger partial charge on any atom is 0.218 e. The van der Waals surface area contributed by atoms with Crippen LogP contribution in [0.25, 0.3) is 0 Å². The number of aromatic nitrogens is 1. The van der Waals surface area contributed by atoms with Crippen LogP contribution in [-0.4, -0.2) is 42.7 Å². The third-order valence-corrected chi connectivity index (χ3v) is 2.69. The average molecular weight is 283 g/mol. The third-order valence-electron chi connectivity index (χ3n) is 2.69. The Hall–Kier alpha value is -1.20. The highest BCUT2D eigenvalue weighted by molar-refractivity contribution is 5.26. The first-order valence-electron chi connectivity index (χ1n) is 6.95. The van der Waals surface area contributed by atoms with Crippen molar-refractivity contribution in [1.29, 1.82) is 0 Å². The number of rotatable bonds is 7. The van der Waals surface area contributed by atoms with Gasteiger partial charge < -0.3 is 15.0 Å². The minimum Gasteiger partial charge on any atom is -0.477 e.